The van der Waals surface area contributed by atoms with Gasteiger partial charge < -0.3 is 121 Å². The molecule has 79 heavy (non-hydrogen) atoms. The molecule has 11 amide bonds. The first kappa shape index (κ1) is 70.7. The van der Waals surface area contributed by atoms with Gasteiger partial charge in [0.1, 0.15) is 60.4 Å². The Morgan fingerprint density at radius 1 is 0.367 bits per heavy atom. The van der Waals surface area contributed by atoms with E-state index in [1.165, 1.54) is 0 Å². The molecule has 0 saturated carbocycles. The fourth-order valence-electron chi connectivity index (χ4n) is 6.28. The largest absolute Gasteiger partial charge is 0.481 e. The van der Waals surface area contributed by atoms with Crippen LogP contribution in [0, 0.1) is 0 Å². The molecular weight excluding hydrogens is 1070 g/mol. The molecule has 0 rings (SSSR count). The van der Waals surface area contributed by atoms with Crippen LogP contribution in [0.1, 0.15) is 51.9 Å². The summed E-state index contributed by atoms with van der Waals surface area (Å²) in [4.78, 5) is 188. The van der Waals surface area contributed by atoms with Crippen molar-refractivity contribution in [2.75, 3.05) is 39.6 Å². The highest BCUT2D eigenvalue weighted by Crippen LogP contribution is 2.06. The molecule has 0 fully saturated rings. The summed E-state index contributed by atoms with van der Waals surface area (Å²) in [6.07, 6.45) is -6.36. The zero-order valence-corrected chi connectivity index (χ0v) is 41.9. The van der Waals surface area contributed by atoms with E-state index in [0.29, 0.717) is 6.42 Å². The number of unbranched alkanes of at least 4 members (excludes halogenated alkanes) is 1. The van der Waals surface area contributed by atoms with Crippen molar-refractivity contribution in [1.82, 2.24) is 53.2 Å². The minimum absolute atomic E-state index is 0.104. The zero-order chi connectivity index (χ0) is 60.9. The van der Waals surface area contributed by atoms with E-state index in [1.807, 2.05) is 31.9 Å². The summed E-state index contributed by atoms with van der Waals surface area (Å²) < 4.78 is 0. The number of rotatable bonds is 39. The highest BCUT2D eigenvalue weighted by atomic mass is 16.4. The number of hydrogen-bond acceptors (Lipinski definition) is 23. The summed E-state index contributed by atoms with van der Waals surface area (Å²) in [5.74, 6) is -22.4. The Hall–Kier alpha value is -8.27. The number of nitrogens with two attached hydrogens (primary N) is 3. The number of aliphatic hydroxyl groups is 6. The van der Waals surface area contributed by atoms with Crippen LogP contribution in [-0.4, -0.2) is 252 Å². The van der Waals surface area contributed by atoms with Crippen molar-refractivity contribution in [3.05, 3.63) is 0 Å². The van der Waals surface area contributed by atoms with Gasteiger partial charge in [-0.1, -0.05) is 0 Å². The van der Waals surface area contributed by atoms with Gasteiger partial charge in [0.2, 0.25) is 65.0 Å². The molecule has 0 saturated heterocycles. The molecule has 0 aliphatic carbocycles. The Kier molecular flexibility index (Phi) is 32.2. The molecule has 0 bridgehead atoms. The molecule has 0 aromatic carbocycles. The molecule has 0 radical (unpaired) electrons. The number of carboxylic acid groups (broad SMARTS) is 4. The second kappa shape index (κ2) is 35.9. The molecule has 38 heteroatoms. The number of carboxylic acids is 4. The highest BCUT2D eigenvalue weighted by molar-refractivity contribution is 6.01. The summed E-state index contributed by atoms with van der Waals surface area (Å²) in [6, 6.07) is -21.9. The predicted octanol–water partition coefficient (Wildman–Crippen LogP) is -14.0. The lowest BCUT2D eigenvalue weighted by molar-refractivity contribution is -0.144. The predicted molar refractivity (Wildman–Crippen MR) is 256 cm³/mol. The molecule has 26 N–H and O–H groups in total. The smallest absolute Gasteiger partial charge is 0.305 e. The molecule has 12 atom stereocenters. The van der Waals surface area contributed by atoms with E-state index in [1.54, 1.807) is 10.6 Å². The number of aliphatic carboxylic acids is 4. The van der Waals surface area contributed by atoms with Gasteiger partial charge in [0.25, 0.3) is 0 Å². The van der Waals surface area contributed by atoms with Gasteiger partial charge in [0.15, 0.2) is 0 Å². The first-order valence-electron chi connectivity index (χ1n) is 23.3. The van der Waals surface area contributed by atoms with Gasteiger partial charge in [-0.3, -0.25) is 71.9 Å². The van der Waals surface area contributed by atoms with Crippen molar-refractivity contribution in [2.45, 2.75) is 124 Å². The Bertz CT molecular complexity index is 2200. The molecule has 446 valence electrons. The molecule has 0 aliphatic rings. The van der Waals surface area contributed by atoms with Crippen LogP contribution in [0.15, 0.2) is 0 Å². The van der Waals surface area contributed by atoms with Gasteiger partial charge in [-0.05, 0) is 32.7 Å². The Morgan fingerprint density at radius 3 is 0.937 bits per heavy atom. The van der Waals surface area contributed by atoms with Crippen LogP contribution >= 0.6 is 0 Å². The summed E-state index contributed by atoms with van der Waals surface area (Å²) in [5.41, 5.74) is 16.0. The van der Waals surface area contributed by atoms with E-state index in [0.717, 1.165) is 6.92 Å². The first-order valence-corrected chi connectivity index (χ1v) is 23.3. The molecule has 0 aliphatic heterocycles. The molecular formula is C41H67N13O25. The maximum Gasteiger partial charge on any atom is 0.305 e. The third-order valence-corrected chi connectivity index (χ3v) is 10.5. The van der Waals surface area contributed by atoms with Crippen molar-refractivity contribution in [2.24, 2.45) is 17.2 Å². The van der Waals surface area contributed by atoms with Gasteiger partial charge in [-0.15, -0.1) is 0 Å². The topological polar surface area (TPSA) is 657 Å². The lowest BCUT2D eigenvalue weighted by atomic mass is 10.1. The number of nitrogens with one attached hydrogen (secondary N) is 10. The maximum absolute atomic E-state index is 13.3. The fraction of sp³-hybridized carbons (Fsp3) is 0.634. The van der Waals surface area contributed by atoms with Gasteiger partial charge >= 0.3 is 23.9 Å². The standard InChI is InChI=1S/C41H67N13O25/c1-15(60)30(41(79)53-24(13-58)39(77)51-22(11-56)37(75)45-17(4-2-3-5-42)33(71)49-21(10-55)31(44)69)54-40(78)25(14-59)52-38(76)23(12-57)50-36(74)20(9-29(67)68)48-35(73)19(8-28(65)66)47-34(72)18(7-27(63)64)46-32(70)16(43)6-26(61)62/h15-25,30,55-60H,2-14,42-43H2,1H3,(H2,44,69)(H,45,75)(H,46,70)(H,47,72)(H,48,73)(H,49,71)(H,50,74)(H,51,77)(H,52,76)(H,53,79)(H,54,78)(H,61,62)(H,63,64)(H,65,66)(H,67,68)/t15-,16-,17+,18+,19-,20+,21-,22-,23-,24+,25+,30+/m1/s1. The average Bonchev–Trinajstić information content (AvgIpc) is 3.36. The summed E-state index contributed by atoms with van der Waals surface area (Å²) in [5, 5.41) is 116. The molecule has 0 unspecified atom stereocenters. The summed E-state index contributed by atoms with van der Waals surface area (Å²) in [7, 11) is 0. The van der Waals surface area contributed by atoms with Crippen LogP contribution in [0.25, 0.3) is 0 Å². The van der Waals surface area contributed by atoms with Crippen LogP contribution in [0.2, 0.25) is 0 Å². The zero-order valence-electron chi connectivity index (χ0n) is 41.9. The van der Waals surface area contributed by atoms with Gasteiger partial charge in [-0.25, -0.2) is 0 Å². The van der Waals surface area contributed by atoms with E-state index >= 15 is 0 Å². The monoisotopic (exact) mass is 1140 g/mol. The van der Waals surface area contributed by atoms with Crippen molar-refractivity contribution in [3.63, 3.8) is 0 Å². The van der Waals surface area contributed by atoms with Crippen molar-refractivity contribution in [3.8, 4) is 0 Å². The lowest BCUT2D eigenvalue weighted by Gasteiger charge is -2.27. The number of primary amides is 1. The van der Waals surface area contributed by atoms with E-state index in [2.05, 4.69) is 10.6 Å². The molecule has 0 aromatic heterocycles. The number of amides is 11. The Labute approximate surface area is 445 Å². The molecule has 38 nitrogen and oxygen atoms in total. The summed E-state index contributed by atoms with van der Waals surface area (Å²) in [6.45, 7) is -4.94. The third-order valence-electron chi connectivity index (χ3n) is 10.5. The molecule has 0 aromatic rings. The Balaban J connectivity index is 6.20. The van der Waals surface area contributed by atoms with Gasteiger partial charge in [0, 0.05) is 0 Å². The minimum Gasteiger partial charge on any atom is -0.481 e. The van der Waals surface area contributed by atoms with Crippen LogP contribution in [0.5, 0.6) is 0 Å². The fourth-order valence-corrected chi connectivity index (χ4v) is 6.28. The SMILES string of the molecule is C[C@@H](O)[C@H](NC(=O)[C@H](CO)NC(=O)[C@@H](CO)NC(=O)[C@H](CC(=O)O)NC(=O)[C@@H](CC(=O)O)NC(=O)[C@H](CC(=O)O)NC(=O)[C@H](N)CC(=O)O)C(=O)N[C@@H](CO)C(=O)N[C@H](CO)C(=O)N[C@@H](CCCCN)C(=O)N[C@H](CO)C(N)=O. The lowest BCUT2D eigenvalue weighted by Crippen LogP contribution is -2.63. The highest BCUT2D eigenvalue weighted by Gasteiger charge is 2.38. The van der Waals surface area contributed by atoms with Gasteiger partial charge in [0.05, 0.1) is 70.9 Å². The quantitative estimate of drug-likeness (QED) is 0.0254. The normalized spacial score (nSPS) is 15.5. The van der Waals surface area contributed by atoms with E-state index < -0.39 is 220 Å². The van der Waals surface area contributed by atoms with Crippen LogP contribution in [0.4, 0.5) is 0 Å². The Morgan fingerprint density at radius 2 is 0.633 bits per heavy atom. The van der Waals surface area contributed by atoms with E-state index in [9.17, 15) is 118 Å². The number of carbonyl (C=O) groups excluding carboxylic acids is 11. The van der Waals surface area contributed by atoms with E-state index in [4.69, 9.17) is 22.3 Å². The van der Waals surface area contributed by atoms with Crippen molar-refractivity contribution < 1.29 is 123 Å². The van der Waals surface area contributed by atoms with Gasteiger partial charge in [-0.2, -0.15) is 0 Å². The van der Waals surface area contributed by atoms with Crippen LogP contribution < -0.4 is 70.4 Å². The maximum atomic E-state index is 13.3. The second-order valence-corrected chi connectivity index (χ2v) is 16.9. The second-order valence-electron chi connectivity index (χ2n) is 16.9. The van der Waals surface area contributed by atoms with Crippen LogP contribution in [0.3, 0.4) is 0 Å². The van der Waals surface area contributed by atoms with Crippen molar-refractivity contribution in [1.29, 1.82) is 0 Å². The number of carbonyl (C=O) groups is 15. The van der Waals surface area contributed by atoms with Crippen LogP contribution in [-0.2, 0) is 71.9 Å². The van der Waals surface area contributed by atoms with Crippen molar-refractivity contribution >= 4 is 88.9 Å². The molecule has 0 spiro atoms. The number of aliphatic hydroxyl groups excluding tert-OH is 6. The first-order chi connectivity index (χ1) is 36.9. The summed E-state index contributed by atoms with van der Waals surface area (Å²) >= 11 is 0. The molecule has 0 heterocycles. The third kappa shape index (κ3) is 26.1. The minimum atomic E-state index is -2.30. The number of hydrogen-bond donors (Lipinski definition) is 23. The average molecular weight is 1140 g/mol. The van der Waals surface area contributed by atoms with E-state index in [-0.39, 0.29) is 19.4 Å².